The minimum Gasteiger partial charge on any atom is -0.379 e. The van der Waals surface area contributed by atoms with Crippen LogP contribution in [0.15, 0.2) is 12.4 Å². The van der Waals surface area contributed by atoms with Crippen LogP contribution in [0.4, 0.5) is 0 Å². The van der Waals surface area contributed by atoms with Crippen molar-refractivity contribution in [2.75, 3.05) is 32.8 Å². The molecule has 1 aromatic rings. The fraction of sp³-hybridized carbons (Fsp3) is 0.800. The topological polar surface area (TPSA) is 42.3 Å². The molecule has 1 aliphatic heterocycles. The van der Waals surface area contributed by atoms with Gasteiger partial charge in [-0.3, -0.25) is 4.90 Å². The summed E-state index contributed by atoms with van der Waals surface area (Å²) >= 11 is 0. The zero-order valence-corrected chi connectivity index (χ0v) is 13.2. The monoisotopic (exact) mass is 280 g/mol. The van der Waals surface area contributed by atoms with E-state index in [2.05, 4.69) is 47.6 Å². The van der Waals surface area contributed by atoms with Crippen molar-refractivity contribution >= 4 is 0 Å². The standard InChI is InChI=1S/C15H28N4O/c1-5-16-13(12-14-17-6-7-18(14)4)15(2,3)19-8-10-20-11-9-19/h6-7,13,16H,5,8-12H2,1-4H3. The molecule has 0 bridgehead atoms. The van der Waals surface area contributed by atoms with E-state index < -0.39 is 0 Å². The van der Waals surface area contributed by atoms with Crippen LogP contribution >= 0.6 is 0 Å². The molecule has 0 amide bonds. The van der Waals surface area contributed by atoms with Crippen LogP contribution in [0, 0.1) is 0 Å². The lowest BCUT2D eigenvalue weighted by Crippen LogP contribution is -2.61. The summed E-state index contributed by atoms with van der Waals surface area (Å²) in [4.78, 5) is 7.01. The molecular formula is C15H28N4O. The average Bonchev–Trinajstić information content (AvgIpc) is 2.85. The predicted molar refractivity (Wildman–Crippen MR) is 80.8 cm³/mol. The highest BCUT2D eigenvalue weighted by Gasteiger charge is 2.36. The van der Waals surface area contributed by atoms with Gasteiger partial charge >= 0.3 is 0 Å². The van der Waals surface area contributed by atoms with Gasteiger partial charge in [-0.1, -0.05) is 6.92 Å². The molecule has 0 aliphatic carbocycles. The van der Waals surface area contributed by atoms with E-state index in [1.807, 2.05) is 12.4 Å². The highest BCUT2D eigenvalue weighted by Crippen LogP contribution is 2.23. The maximum Gasteiger partial charge on any atom is 0.109 e. The second-order valence-electron chi connectivity index (χ2n) is 6.02. The number of morpholine rings is 1. The summed E-state index contributed by atoms with van der Waals surface area (Å²) < 4.78 is 7.59. The zero-order chi connectivity index (χ0) is 14.6. The van der Waals surface area contributed by atoms with Crippen LogP contribution in [0.1, 0.15) is 26.6 Å². The van der Waals surface area contributed by atoms with E-state index in [9.17, 15) is 0 Å². The van der Waals surface area contributed by atoms with E-state index in [0.29, 0.717) is 6.04 Å². The molecule has 2 rings (SSSR count). The molecule has 1 saturated heterocycles. The van der Waals surface area contributed by atoms with Crippen molar-refractivity contribution in [2.24, 2.45) is 7.05 Å². The van der Waals surface area contributed by atoms with E-state index in [0.717, 1.165) is 45.1 Å². The van der Waals surface area contributed by atoms with Gasteiger partial charge in [-0.05, 0) is 20.4 Å². The van der Waals surface area contributed by atoms with E-state index in [-0.39, 0.29) is 5.54 Å². The quantitative estimate of drug-likeness (QED) is 0.846. The van der Waals surface area contributed by atoms with Gasteiger partial charge in [-0.25, -0.2) is 4.98 Å². The van der Waals surface area contributed by atoms with Crippen molar-refractivity contribution in [1.82, 2.24) is 19.8 Å². The molecule has 0 aromatic carbocycles. The summed E-state index contributed by atoms with van der Waals surface area (Å²) in [6.07, 6.45) is 4.84. The first kappa shape index (κ1) is 15.5. The van der Waals surface area contributed by atoms with Crippen LogP contribution in [0.25, 0.3) is 0 Å². The van der Waals surface area contributed by atoms with Crippen molar-refractivity contribution in [3.05, 3.63) is 18.2 Å². The van der Waals surface area contributed by atoms with Gasteiger partial charge < -0.3 is 14.6 Å². The van der Waals surface area contributed by atoms with Crippen molar-refractivity contribution in [1.29, 1.82) is 0 Å². The Morgan fingerprint density at radius 1 is 1.40 bits per heavy atom. The third-order valence-corrected chi connectivity index (χ3v) is 4.44. The van der Waals surface area contributed by atoms with Crippen LogP contribution in [0.2, 0.25) is 0 Å². The maximum atomic E-state index is 5.48. The first-order valence-corrected chi connectivity index (χ1v) is 7.58. The summed E-state index contributed by atoms with van der Waals surface area (Å²) in [6, 6.07) is 0.381. The fourth-order valence-electron chi connectivity index (χ4n) is 2.95. The fourth-order valence-corrected chi connectivity index (χ4v) is 2.95. The van der Waals surface area contributed by atoms with Crippen molar-refractivity contribution < 1.29 is 4.74 Å². The van der Waals surface area contributed by atoms with Gasteiger partial charge in [-0.15, -0.1) is 0 Å². The predicted octanol–water partition coefficient (Wildman–Crippen LogP) is 1.05. The van der Waals surface area contributed by atoms with Gasteiger partial charge in [-0.2, -0.15) is 0 Å². The van der Waals surface area contributed by atoms with E-state index >= 15 is 0 Å². The Bertz CT molecular complexity index is 410. The second kappa shape index (κ2) is 6.70. The van der Waals surface area contributed by atoms with Crippen molar-refractivity contribution in [3.63, 3.8) is 0 Å². The van der Waals surface area contributed by atoms with Gasteiger partial charge in [0.05, 0.1) is 13.2 Å². The van der Waals surface area contributed by atoms with Crippen LogP contribution in [-0.2, 0) is 18.2 Å². The number of ether oxygens (including phenoxy) is 1. The van der Waals surface area contributed by atoms with Crippen LogP contribution < -0.4 is 5.32 Å². The Morgan fingerprint density at radius 2 is 2.10 bits per heavy atom. The molecule has 1 unspecified atom stereocenters. The zero-order valence-electron chi connectivity index (χ0n) is 13.2. The Kier molecular flexibility index (Phi) is 5.18. The van der Waals surface area contributed by atoms with Crippen molar-refractivity contribution in [2.45, 2.75) is 38.8 Å². The molecule has 1 N–H and O–H groups in total. The molecule has 5 heteroatoms. The molecule has 2 heterocycles. The van der Waals surface area contributed by atoms with E-state index in [1.54, 1.807) is 0 Å². The molecule has 0 radical (unpaired) electrons. The Hall–Kier alpha value is -0.910. The van der Waals surface area contributed by atoms with Gasteiger partial charge in [0.1, 0.15) is 5.82 Å². The van der Waals surface area contributed by atoms with Crippen LogP contribution in [0.3, 0.4) is 0 Å². The highest BCUT2D eigenvalue weighted by atomic mass is 16.5. The molecule has 1 atom stereocenters. The van der Waals surface area contributed by atoms with Gasteiger partial charge in [0.25, 0.3) is 0 Å². The average molecular weight is 280 g/mol. The third-order valence-electron chi connectivity index (χ3n) is 4.44. The molecule has 0 saturated carbocycles. The summed E-state index contributed by atoms with van der Waals surface area (Å²) in [6.45, 7) is 11.5. The summed E-state index contributed by atoms with van der Waals surface area (Å²) in [7, 11) is 2.06. The molecule has 5 nitrogen and oxygen atoms in total. The van der Waals surface area contributed by atoms with Crippen LogP contribution in [0.5, 0.6) is 0 Å². The lowest BCUT2D eigenvalue weighted by Gasteiger charge is -2.46. The lowest BCUT2D eigenvalue weighted by atomic mass is 9.89. The maximum absolute atomic E-state index is 5.48. The number of aromatic nitrogens is 2. The molecule has 20 heavy (non-hydrogen) atoms. The number of rotatable bonds is 6. The summed E-state index contributed by atoms with van der Waals surface area (Å²) in [5.41, 5.74) is 0.0890. The summed E-state index contributed by atoms with van der Waals surface area (Å²) in [5, 5.41) is 3.65. The highest BCUT2D eigenvalue weighted by molar-refractivity contribution is 5.02. The smallest absolute Gasteiger partial charge is 0.109 e. The summed E-state index contributed by atoms with van der Waals surface area (Å²) in [5.74, 6) is 1.14. The normalized spacial score (nSPS) is 19.2. The minimum absolute atomic E-state index is 0.0890. The third kappa shape index (κ3) is 3.40. The Balaban J connectivity index is 2.11. The first-order chi connectivity index (χ1) is 9.55. The molecular weight excluding hydrogens is 252 g/mol. The SMILES string of the molecule is CCNC(Cc1nccn1C)C(C)(C)N1CCOCC1. The first-order valence-electron chi connectivity index (χ1n) is 7.58. The molecule has 0 spiro atoms. The van der Waals surface area contributed by atoms with Crippen molar-refractivity contribution in [3.8, 4) is 0 Å². The minimum atomic E-state index is 0.0890. The largest absolute Gasteiger partial charge is 0.379 e. The number of imidazole rings is 1. The van der Waals surface area contributed by atoms with E-state index in [1.165, 1.54) is 0 Å². The number of likely N-dealkylation sites (N-methyl/N-ethyl adjacent to an activating group) is 1. The number of hydrogen-bond donors (Lipinski definition) is 1. The molecule has 1 aliphatic rings. The Morgan fingerprint density at radius 3 is 2.65 bits per heavy atom. The van der Waals surface area contributed by atoms with E-state index in [4.69, 9.17) is 4.74 Å². The van der Waals surface area contributed by atoms with Gasteiger partial charge in [0, 0.05) is 50.5 Å². The number of nitrogens with zero attached hydrogens (tertiary/aromatic N) is 3. The number of aryl methyl sites for hydroxylation is 1. The molecule has 1 fully saturated rings. The second-order valence-corrected chi connectivity index (χ2v) is 6.02. The molecule has 1 aromatic heterocycles. The number of nitrogens with one attached hydrogen (secondary N) is 1. The van der Waals surface area contributed by atoms with Gasteiger partial charge in [0.15, 0.2) is 0 Å². The van der Waals surface area contributed by atoms with Gasteiger partial charge in [0.2, 0.25) is 0 Å². The molecule has 114 valence electrons. The lowest BCUT2D eigenvalue weighted by molar-refractivity contribution is -0.0233. The van der Waals surface area contributed by atoms with Crippen LogP contribution in [-0.4, -0.2) is 58.9 Å². The number of hydrogen-bond acceptors (Lipinski definition) is 4. The Labute approximate surface area is 122 Å².